The minimum atomic E-state index is -0.315. The van der Waals surface area contributed by atoms with Crippen LogP contribution in [0.1, 0.15) is 30.9 Å². The number of hydrogen-bond acceptors (Lipinski definition) is 2. The second kappa shape index (κ2) is 5.99. The maximum atomic E-state index is 10.8. The number of aryl methyl sites for hydroxylation is 1. The molecular formula is C12H16BrNO2. The molecule has 0 radical (unpaired) electrons. The largest absolute Gasteiger partial charge is 0.272 e. The van der Waals surface area contributed by atoms with Gasteiger partial charge in [-0.25, -0.2) is 0 Å². The van der Waals surface area contributed by atoms with Crippen LogP contribution in [0.4, 0.5) is 5.69 Å². The molecular weight excluding hydrogens is 270 g/mol. The van der Waals surface area contributed by atoms with Gasteiger partial charge in [0.05, 0.1) is 4.92 Å². The van der Waals surface area contributed by atoms with E-state index in [1.54, 1.807) is 12.1 Å². The third kappa shape index (κ3) is 3.30. The van der Waals surface area contributed by atoms with Crippen LogP contribution in [0.5, 0.6) is 0 Å². The summed E-state index contributed by atoms with van der Waals surface area (Å²) in [4.78, 5) is 10.9. The lowest BCUT2D eigenvalue weighted by Gasteiger charge is -2.09. The Morgan fingerprint density at radius 1 is 1.50 bits per heavy atom. The molecule has 1 aromatic carbocycles. The quantitative estimate of drug-likeness (QED) is 0.466. The van der Waals surface area contributed by atoms with Gasteiger partial charge in [0.25, 0.3) is 5.69 Å². The number of benzene rings is 1. The predicted molar refractivity (Wildman–Crippen MR) is 69.2 cm³/mol. The van der Waals surface area contributed by atoms with Crippen LogP contribution in [0, 0.1) is 17.0 Å². The van der Waals surface area contributed by atoms with Crippen LogP contribution < -0.4 is 0 Å². The highest BCUT2D eigenvalue weighted by molar-refractivity contribution is 9.09. The molecule has 16 heavy (non-hydrogen) atoms. The topological polar surface area (TPSA) is 43.1 Å². The molecule has 0 aromatic heterocycles. The van der Waals surface area contributed by atoms with Crippen molar-refractivity contribution in [2.45, 2.75) is 37.9 Å². The first-order chi connectivity index (χ1) is 7.56. The fourth-order valence-corrected chi connectivity index (χ4v) is 1.88. The lowest BCUT2D eigenvalue weighted by molar-refractivity contribution is -0.385. The zero-order valence-electron chi connectivity index (χ0n) is 9.57. The normalized spacial score (nSPS) is 12.4. The van der Waals surface area contributed by atoms with E-state index >= 15 is 0 Å². The molecule has 0 aliphatic rings. The molecule has 1 aromatic rings. The van der Waals surface area contributed by atoms with Gasteiger partial charge >= 0.3 is 0 Å². The van der Waals surface area contributed by atoms with E-state index in [2.05, 4.69) is 22.9 Å². The Labute approximate surface area is 104 Å². The summed E-state index contributed by atoms with van der Waals surface area (Å²) in [6.07, 6.45) is 2.98. The van der Waals surface area contributed by atoms with Crippen molar-refractivity contribution in [3.63, 3.8) is 0 Å². The first-order valence-electron chi connectivity index (χ1n) is 5.43. The first kappa shape index (κ1) is 13.2. The summed E-state index contributed by atoms with van der Waals surface area (Å²) in [6, 6.07) is 5.29. The van der Waals surface area contributed by atoms with Gasteiger partial charge in [-0.05, 0) is 31.7 Å². The van der Waals surface area contributed by atoms with E-state index in [1.807, 2.05) is 13.0 Å². The molecule has 88 valence electrons. The minimum absolute atomic E-state index is 0.222. The standard InChI is InChI=1S/C12H16BrNO2/c1-3-11(13)8-7-10-5-4-6-12(9(10)2)14(15)16/h4-6,11H,3,7-8H2,1-2H3. The molecule has 0 aliphatic heterocycles. The monoisotopic (exact) mass is 285 g/mol. The zero-order valence-corrected chi connectivity index (χ0v) is 11.2. The van der Waals surface area contributed by atoms with Gasteiger partial charge in [-0.15, -0.1) is 0 Å². The third-order valence-corrected chi connectivity index (χ3v) is 3.89. The number of alkyl halides is 1. The van der Waals surface area contributed by atoms with Crippen LogP contribution >= 0.6 is 15.9 Å². The summed E-state index contributed by atoms with van der Waals surface area (Å²) in [5, 5.41) is 10.8. The lowest BCUT2D eigenvalue weighted by atomic mass is 10.0. The number of rotatable bonds is 5. The van der Waals surface area contributed by atoms with Crippen molar-refractivity contribution < 1.29 is 4.92 Å². The van der Waals surface area contributed by atoms with Crippen molar-refractivity contribution in [3.8, 4) is 0 Å². The van der Waals surface area contributed by atoms with E-state index in [0.29, 0.717) is 4.83 Å². The molecule has 0 heterocycles. The maximum absolute atomic E-state index is 10.8. The molecule has 0 amide bonds. The molecule has 0 saturated carbocycles. The second-order valence-electron chi connectivity index (χ2n) is 3.86. The molecule has 0 aliphatic carbocycles. The Morgan fingerprint density at radius 3 is 2.75 bits per heavy atom. The number of nitro benzene ring substituents is 1. The summed E-state index contributed by atoms with van der Waals surface area (Å²) >= 11 is 3.57. The highest BCUT2D eigenvalue weighted by Gasteiger charge is 2.13. The average Bonchev–Trinajstić information content (AvgIpc) is 2.26. The van der Waals surface area contributed by atoms with Crippen molar-refractivity contribution in [3.05, 3.63) is 39.4 Å². The van der Waals surface area contributed by atoms with Gasteiger partial charge in [0.2, 0.25) is 0 Å². The molecule has 4 heteroatoms. The zero-order chi connectivity index (χ0) is 12.1. The highest BCUT2D eigenvalue weighted by atomic mass is 79.9. The molecule has 0 N–H and O–H groups in total. The van der Waals surface area contributed by atoms with Crippen LogP contribution in [0.2, 0.25) is 0 Å². The molecule has 0 spiro atoms. The summed E-state index contributed by atoms with van der Waals surface area (Å²) in [5.41, 5.74) is 2.09. The van der Waals surface area contributed by atoms with Crippen LogP contribution in [0.25, 0.3) is 0 Å². The molecule has 0 fully saturated rings. The second-order valence-corrected chi connectivity index (χ2v) is 5.16. The maximum Gasteiger partial charge on any atom is 0.272 e. The summed E-state index contributed by atoms with van der Waals surface area (Å²) in [6.45, 7) is 3.95. The van der Waals surface area contributed by atoms with E-state index in [-0.39, 0.29) is 10.6 Å². The smallest absolute Gasteiger partial charge is 0.258 e. The predicted octanol–water partition coefficient (Wildman–Crippen LogP) is 4.01. The first-order valence-corrected chi connectivity index (χ1v) is 6.34. The summed E-state index contributed by atoms with van der Waals surface area (Å²) in [5.74, 6) is 0. The molecule has 0 bridgehead atoms. The Bertz CT molecular complexity index is 379. The van der Waals surface area contributed by atoms with E-state index in [9.17, 15) is 10.1 Å². The Balaban J connectivity index is 2.81. The molecule has 3 nitrogen and oxygen atoms in total. The van der Waals surface area contributed by atoms with E-state index < -0.39 is 0 Å². The number of hydrogen-bond donors (Lipinski definition) is 0. The van der Waals surface area contributed by atoms with Gasteiger partial charge in [0.15, 0.2) is 0 Å². The van der Waals surface area contributed by atoms with E-state index in [4.69, 9.17) is 0 Å². The van der Waals surface area contributed by atoms with Gasteiger partial charge < -0.3 is 0 Å². The number of nitro groups is 1. The van der Waals surface area contributed by atoms with Crippen LogP contribution in [0.15, 0.2) is 18.2 Å². The lowest BCUT2D eigenvalue weighted by Crippen LogP contribution is -2.01. The van der Waals surface area contributed by atoms with Gasteiger partial charge in [0.1, 0.15) is 0 Å². The van der Waals surface area contributed by atoms with Gasteiger partial charge in [-0.3, -0.25) is 10.1 Å². The van der Waals surface area contributed by atoms with Crippen molar-refractivity contribution in [1.29, 1.82) is 0 Å². The van der Waals surface area contributed by atoms with Gasteiger partial charge in [-0.1, -0.05) is 35.0 Å². The summed E-state index contributed by atoms with van der Waals surface area (Å²) < 4.78 is 0. The fourth-order valence-electron chi connectivity index (χ4n) is 1.65. The molecule has 1 rings (SSSR count). The van der Waals surface area contributed by atoms with Gasteiger partial charge in [-0.2, -0.15) is 0 Å². The molecule has 0 saturated heterocycles. The van der Waals surface area contributed by atoms with Crippen LogP contribution in [0.3, 0.4) is 0 Å². The number of halogens is 1. The van der Waals surface area contributed by atoms with Crippen LogP contribution in [-0.4, -0.2) is 9.75 Å². The Kier molecular flexibility index (Phi) is 4.93. The minimum Gasteiger partial charge on any atom is -0.258 e. The Hall–Kier alpha value is -0.900. The third-order valence-electron chi connectivity index (χ3n) is 2.78. The van der Waals surface area contributed by atoms with Crippen molar-refractivity contribution >= 4 is 21.6 Å². The Morgan fingerprint density at radius 2 is 2.19 bits per heavy atom. The SMILES string of the molecule is CCC(Br)CCc1cccc([N+](=O)[O-])c1C. The fraction of sp³-hybridized carbons (Fsp3) is 0.500. The molecule has 1 unspecified atom stereocenters. The van der Waals surface area contributed by atoms with E-state index in [1.165, 1.54) is 0 Å². The highest BCUT2D eigenvalue weighted by Crippen LogP contribution is 2.23. The molecule has 1 atom stereocenters. The van der Waals surface area contributed by atoms with Crippen LogP contribution in [-0.2, 0) is 6.42 Å². The summed E-state index contributed by atoms with van der Waals surface area (Å²) in [7, 11) is 0. The van der Waals surface area contributed by atoms with Crippen molar-refractivity contribution in [2.75, 3.05) is 0 Å². The number of nitrogens with zero attached hydrogens (tertiary/aromatic N) is 1. The van der Waals surface area contributed by atoms with E-state index in [0.717, 1.165) is 30.4 Å². The van der Waals surface area contributed by atoms with Crippen molar-refractivity contribution in [2.24, 2.45) is 0 Å². The van der Waals surface area contributed by atoms with Crippen molar-refractivity contribution in [1.82, 2.24) is 0 Å². The average molecular weight is 286 g/mol. The van der Waals surface area contributed by atoms with Gasteiger partial charge in [0, 0.05) is 16.5 Å².